The maximum Gasteiger partial charge on any atom is 0.249 e. The monoisotopic (exact) mass is 413 g/mol. The highest BCUT2D eigenvalue weighted by molar-refractivity contribution is 6.30. The van der Waals surface area contributed by atoms with E-state index >= 15 is 0 Å². The predicted molar refractivity (Wildman–Crippen MR) is 114 cm³/mol. The second-order valence-electron chi connectivity index (χ2n) is 8.30. The van der Waals surface area contributed by atoms with Gasteiger partial charge in [-0.3, -0.25) is 9.59 Å². The first-order valence-electron chi connectivity index (χ1n) is 10.5. The quantitative estimate of drug-likeness (QED) is 0.806. The number of fused-ring (bicyclic) bond motifs is 1. The Labute approximate surface area is 177 Å². The van der Waals surface area contributed by atoms with Crippen molar-refractivity contribution in [3.05, 3.63) is 58.9 Å². The summed E-state index contributed by atoms with van der Waals surface area (Å²) >= 11 is 5.98. The van der Waals surface area contributed by atoms with E-state index in [0.29, 0.717) is 23.9 Å². The number of carbonyl (C=O) groups excluding carboxylic acids is 2. The molecule has 2 amide bonds. The summed E-state index contributed by atoms with van der Waals surface area (Å²) in [5.41, 5.74) is 1.99. The predicted octanol–water partition coefficient (Wildman–Crippen LogP) is 3.96. The Bertz CT molecular complexity index is 877. The number of amides is 2. The molecule has 0 spiro atoms. The summed E-state index contributed by atoms with van der Waals surface area (Å²) in [6.45, 7) is 2.99. The number of nitrogens with zero attached hydrogens (tertiary/aromatic N) is 2. The van der Waals surface area contributed by atoms with Gasteiger partial charge in [0.2, 0.25) is 11.8 Å². The highest BCUT2D eigenvalue weighted by Gasteiger charge is 2.38. The van der Waals surface area contributed by atoms with Crippen LogP contribution in [0.2, 0.25) is 5.02 Å². The van der Waals surface area contributed by atoms with Gasteiger partial charge in [0.15, 0.2) is 6.04 Å². The minimum atomic E-state index is -0.576. The molecular weight excluding hydrogens is 386 g/mol. The smallest absolute Gasteiger partial charge is 0.249 e. The second-order valence-corrected chi connectivity index (χ2v) is 8.74. The van der Waals surface area contributed by atoms with Gasteiger partial charge in [-0.1, -0.05) is 43.5 Å². The Morgan fingerprint density at radius 2 is 1.93 bits per heavy atom. The summed E-state index contributed by atoms with van der Waals surface area (Å²) in [5.74, 6) is 0.397. The molecule has 3 atom stereocenters. The van der Waals surface area contributed by atoms with Crippen molar-refractivity contribution in [2.24, 2.45) is 5.92 Å². The number of benzene rings is 1. The molecule has 1 aliphatic carbocycles. The maximum atomic E-state index is 13.3. The van der Waals surface area contributed by atoms with Crippen LogP contribution in [-0.2, 0) is 22.6 Å². The normalized spacial score (nSPS) is 24.3. The van der Waals surface area contributed by atoms with Gasteiger partial charge in [-0.2, -0.15) is 0 Å². The van der Waals surface area contributed by atoms with Crippen LogP contribution in [0.3, 0.4) is 0 Å². The van der Waals surface area contributed by atoms with Gasteiger partial charge in [-0.15, -0.1) is 0 Å². The molecule has 1 saturated carbocycles. The number of hydrogen-bond donors (Lipinski definition) is 1. The van der Waals surface area contributed by atoms with Gasteiger partial charge in [-0.05, 0) is 55.0 Å². The largest absolute Gasteiger partial charge is 0.351 e. The molecule has 1 aromatic carbocycles. The highest BCUT2D eigenvalue weighted by Crippen LogP contribution is 2.29. The second kappa shape index (κ2) is 8.62. The zero-order valence-corrected chi connectivity index (χ0v) is 17.6. The van der Waals surface area contributed by atoms with Crippen molar-refractivity contribution in [1.29, 1.82) is 0 Å². The van der Waals surface area contributed by atoms with Crippen LogP contribution in [0.4, 0.5) is 0 Å². The number of carbonyl (C=O) groups is 2. The van der Waals surface area contributed by atoms with E-state index in [2.05, 4.69) is 12.2 Å². The summed E-state index contributed by atoms with van der Waals surface area (Å²) < 4.78 is 1.90. The van der Waals surface area contributed by atoms with Crippen molar-refractivity contribution in [2.45, 2.75) is 57.7 Å². The average Bonchev–Trinajstić information content (AvgIpc) is 3.16. The molecule has 0 radical (unpaired) electrons. The van der Waals surface area contributed by atoms with E-state index in [9.17, 15) is 9.59 Å². The van der Waals surface area contributed by atoms with E-state index in [-0.39, 0.29) is 24.4 Å². The van der Waals surface area contributed by atoms with Crippen molar-refractivity contribution in [2.75, 3.05) is 6.54 Å². The Morgan fingerprint density at radius 3 is 2.69 bits per heavy atom. The Kier molecular flexibility index (Phi) is 5.95. The number of rotatable bonds is 5. The minimum Gasteiger partial charge on any atom is -0.351 e. The van der Waals surface area contributed by atoms with Crippen molar-refractivity contribution in [1.82, 2.24) is 14.8 Å². The Balaban J connectivity index is 1.54. The lowest BCUT2D eigenvalue weighted by molar-refractivity contribution is -0.144. The Hall–Kier alpha value is -2.27. The van der Waals surface area contributed by atoms with E-state index in [0.717, 1.165) is 30.5 Å². The van der Waals surface area contributed by atoms with Gasteiger partial charge in [0.25, 0.3) is 0 Å². The molecular formula is C23H28ClN3O2. The molecule has 4 rings (SSSR count). The van der Waals surface area contributed by atoms with Crippen LogP contribution in [-0.4, -0.2) is 33.9 Å². The summed E-state index contributed by atoms with van der Waals surface area (Å²) in [5, 5.41) is 3.96. The average molecular weight is 414 g/mol. The van der Waals surface area contributed by atoms with E-state index in [1.54, 1.807) is 4.90 Å². The number of aromatic nitrogens is 1. The molecule has 2 aromatic rings. The van der Waals surface area contributed by atoms with Crippen LogP contribution in [0.15, 0.2) is 42.6 Å². The summed E-state index contributed by atoms with van der Waals surface area (Å²) in [4.78, 5) is 28.0. The molecule has 1 N–H and O–H groups in total. The van der Waals surface area contributed by atoms with Crippen LogP contribution in [0.25, 0.3) is 0 Å². The lowest BCUT2D eigenvalue weighted by Crippen LogP contribution is -2.52. The van der Waals surface area contributed by atoms with E-state index in [1.165, 1.54) is 6.42 Å². The fourth-order valence-corrected chi connectivity index (χ4v) is 4.71. The summed E-state index contributed by atoms with van der Waals surface area (Å²) in [6.07, 6.45) is 7.10. The van der Waals surface area contributed by atoms with Gasteiger partial charge < -0.3 is 14.8 Å². The first-order valence-corrected chi connectivity index (χ1v) is 10.9. The fraction of sp³-hybridized carbons (Fsp3) is 0.478. The van der Waals surface area contributed by atoms with Crippen LogP contribution < -0.4 is 5.32 Å². The van der Waals surface area contributed by atoms with E-state index in [4.69, 9.17) is 11.6 Å². The molecule has 1 fully saturated rings. The molecule has 0 bridgehead atoms. The maximum absolute atomic E-state index is 13.3. The number of nitrogens with one attached hydrogen (secondary N) is 1. The third-order valence-corrected chi connectivity index (χ3v) is 6.58. The van der Waals surface area contributed by atoms with Crippen molar-refractivity contribution in [3.63, 3.8) is 0 Å². The number of hydrogen-bond acceptors (Lipinski definition) is 2. The standard InChI is InChI=1S/C23H28ClN3O2/c1-16-5-2-3-6-19(16)25-23(29)22-20-7-4-13-26(20)15-21(28)27(22)14-12-17-8-10-18(24)11-9-17/h4,7-11,13,16,19,22H,2-3,5-6,12,14-15H2,1H3,(H,25,29)/t16-,19+,22-/m1/s1. The third-order valence-electron chi connectivity index (χ3n) is 6.32. The van der Waals surface area contributed by atoms with Crippen LogP contribution in [0, 0.1) is 5.92 Å². The number of halogens is 1. The SMILES string of the molecule is C[C@@H]1CCCC[C@@H]1NC(=O)[C@H]1c2cccn2CC(=O)N1CCc1ccc(Cl)cc1. The van der Waals surface area contributed by atoms with Crippen molar-refractivity contribution < 1.29 is 9.59 Å². The molecule has 0 unspecified atom stereocenters. The molecule has 6 heteroatoms. The van der Waals surface area contributed by atoms with Gasteiger partial charge in [0.1, 0.15) is 6.54 Å². The molecule has 0 saturated heterocycles. The molecule has 2 aliphatic rings. The van der Waals surface area contributed by atoms with Crippen molar-refractivity contribution in [3.8, 4) is 0 Å². The fourth-order valence-electron chi connectivity index (χ4n) is 4.58. The summed E-state index contributed by atoms with van der Waals surface area (Å²) in [6, 6.07) is 11.1. The lowest BCUT2D eigenvalue weighted by atomic mass is 9.85. The van der Waals surface area contributed by atoms with Crippen LogP contribution in [0.1, 0.15) is 49.9 Å². The topological polar surface area (TPSA) is 54.3 Å². The van der Waals surface area contributed by atoms with Gasteiger partial charge in [0.05, 0.1) is 5.69 Å². The lowest BCUT2D eigenvalue weighted by Gasteiger charge is -2.38. The first kappa shape index (κ1) is 20.0. The molecule has 2 heterocycles. The molecule has 29 heavy (non-hydrogen) atoms. The highest BCUT2D eigenvalue weighted by atomic mass is 35.5. The molecule has 1 aliphatic heterocycles. The van der Waals surface area contributed by atoms with E-state index < -0.39 is 6.04 Å². The third kappa shape index (κ3) is 4.35. The van der Waals surface area contributed by atoms with E-state index in [1.807, 2.05) is 47.2 Å². The Morgan fingerprint density at radius 1 is 1.17 bits per heavy atom. The molecule has 5 nitrogen and oxygen atoms in total. The van der Waals surface area contributed by atoms with Crippen LogP contribution in [0.5, 0.6) is 0 Å². The molecule has 154 valence electrons. The first-order chi connectivity index (χ1) is 14.0. The van der Waals surface area contributed by atoms with Gasteiger partial charge in [0, 0.05) is 23.8 Å². The van der Waals surface area contributed by atoms with Crippen LogP contribution >= 0.6 is 11.6 Å². The van der Waals surface area contributed by atoms with Gasteiger partial charge in [-0.25, -0.2) is 0 Å². The zero-order chi connectivity index (χ0) is 20.4. The zero-order valence-electron chi connectivity index (χ0n) is 16.8. The van der Waals surface area contributed by atoms with Gasteiger partial charge >= 0.3 is 0 Å². The molecule has 1 aromatic heterocycles. The minimum absolute atomic E-state index is 0.0143. The summed E-state index contributed by atoms with van der Waals surface area (Å²) in [7, 11) is 0. The van der Waals surface area contributed by atoms with Crippen molar-refractivity contribution >= 4 is 23.4 Å².